The summed E-state index contributed by atoms with van der Waals surface area (Å²) in [4.78, 5) is 57.3. The Hall–Kier alpha value is -3.51. The number of likely N-dealkylation sites (N-methyl/N-ethyl adjacent to an activating group) is 1. The molecule has 0 spiro atoms. The molecule has 2 aromatic rings. The van der Waals surface area contributed by atoms with E-state index in [2.05, 4.69) is 48.3 Å². The van der Waals surface area contributed by atoms with Crippen LogP contribution < -0.4 is 26.1 Å². The number of carbonyl (C=O) groups is 4. The van der Waals surface area contributed by atoms with Crippen molar-refractivity contribution < 1.29 is 59.3 Å². The van der Waals surface area contributed by atoms with Crippen LogP contribution in [0.25, 0.3) is 0 Å². The fraction of sp³-hybridized carbons (Fsp3) is 0.636. The summed E-state index contributed by atoms with van der Waals surface area (Å²) in [5.41, 5.74) is 4.22. The second kappa shape index (κ2) is 26.6. The van der Waals surface area contributed by atoms with E-state index in [0.29, 0.717) is 114 Å². The Kier molecular flexibility index (Phi) is 21.8. The first-order valence-electron chi connectivity index (χ1n) is 21.1. The van der Waals surface area contributed by atoms with E-state index in [0.717, 1.165) is 42.6 Å². The Morgan fingerprint density at radius 3 is 2.02 bits per heavy atom. The summed E-state index contributed by atoms with van der Waals surface area (Å²) in [6.07, 6.45) is 4.64. The van der Waals surface area contributed by atoms with Crippen molar-refractivity contribution in [3.63, 3.8) is 0 Å². The van der Waals surface area contributed by atoms with E-state index in [1.165, 1.54) is 5.56 Å². The maximum atomic E-state index is 13.9. The van der Waals surface area contributed by atoms with Crippen molar-refractivity contribution in [3.05, 3.63) is 65.2 Å². The summed E-state index contributed by atoms with van der Waals surface area (Å²) >= 11 is -0.379. The molecule has 2 unspecified atom stereocenters. The Balaban J connectivity index is 1.03. The van der Waals surface area contributed by atoms with Gasteiger partial charge >= 0.3 is 112 Å². The van der Waals surface area contributed by atoms with Gasteiger partial charge in [-0.25, -0.2) is 0 Å². The summed E-state index contributed by atoms with van der Waals surface area (Å²) in [7, 11) is 3.56. The first kappa shape index (κ1) is 48.2. The number of benzene rings is 2. The van der Waals surface area contributed by atoms with Crippen molar-refractivity contribution in [2.45, 2.75) is 83.8 Å². The van der Waals surface area contributed by atoms with Gasteiger partial charge in [-0.3, -0.25) is 14.6 Å². The van der Waals surface area contributed by atoms with Crippen LogP contribution in [0.5, 0.6) is 0 Å². The van der Waals surface area contributed by atoms with Crippen LogP contribution in [-0.2, 0) is 44.7 Å². The second-order valence-corrected chi connectivity index (χ2v) is 17.7. The number of hydrogen-bond acceptors (Lipinski definition) is 11. The molecule has 0 bridgehead atoms. The van der Waals surface area contributed by atoms with E-state index < -0.39 is 0 Å². The van der Waals surface area contributed by atoms with Gasteiger partial charge in [-0.2, -0.15) is 5.11 Å². The molecule has 59 heavy (non-hydrogen) atoms. The number of nitrogens with zero attached hydrogens (tertiary/aromatic N) is 6. The van der Waals surface area contributed by atoms with Crippen molar-refractivity contribution in [3.8, 4) is 0 Å². The summed E-state index contributed by atoms with van der Waals surface area (Å²) in [6, 6.07) is 16.3. The minimum Gasteiger partial charge on any atom is -0.379 e. The van der Waals surface area contributed by atoms with Crippen LogP contribution in [0, 0.1) is 5.92 Å². The summed E-state index contributed by atoms with van der Waals surface area (Å²) in [5, 5.41) is 11.5. The molecule has 0 saturated heterocycles. The summed E-state index contributed by atoms with van der Waals surface area (Å²) in [5.74, 6) is 0.586. The van der Waals surface area contributed by atoms with Crippen LogP contribution >= 0.6 is 0 Å². The molecule has 0 aromatic heterocycles. The van der Waals surface area contributed by atoms with Crippen molar-refractivity contribution in [2.24, 2.45) is 16.3 Å². The van der Waals surface area contributed by atoms with Crippen molar-refractivity contribution in [2.75, 3.05) is 96.4 Å². The second-order valence-electron chi connectivity index (χ2n) is 15.4. The molecule has 328 valence electrons. The van der Waals surface area contributed by atoms with E-state index in [1.807, 2.05) is 41.1 Å². The van der Waals surface area contributed by atoms with E-state index in [9.17, 15) is 19.2 Å². The van der Waals surface area contributed by atoms with Crippen molar-refractivity contribution in [1.82, 2.24) is 14.8 Å². The van der Waals surface area contributed by atoms with E-state index in [4.69, 9.17) is 24.1 Å². The third-order valence-corrected chi connectivity index (χ3v) is 12.1. The first-order chi connectivity index (χ1) is 28.6. The van der Waals surface area contributed by atoms with E-state index in [1.54, 1.807) is 16.8 Å². The van der Waals surface area contributed by atoms with Crippen LogP contribution in [0.2, 0.25) is 0 Å². The maximum absolute atomic E-state index is 13.9. The molecule has 2 atom stereocenters. The molecular formula is C44H66IN6O8-. The molecule has 0 aliphatic carbocycles. The number of para-hydroxylation sites is 1. The monoisotopic (exact) mass is 933 g/mol. The van der Waals surface area contributed by atoms with Gasteiger partial charge in [0.05, 0.1) is 46.0 Å². The molecule has 2 aliphatic heterocycles. The summed E-state index contributed by atoms with van der Waals surface area (Å²) in [6.45, 7) is 10.1. The fourth-order valence-electron chi connectivity index (χ4n) is 7.08. The van der Waals surface area contributed by atoms with Crippen LogP contribution in [0.3, 0.4) is 0 Å². The van der Waals surface area contributed by atoms with Crippen LogP contribution in [0.15, 0.2) is 58.9 Å². The van der Waals surface area contributed by atoms with Gasteiger partial charge in [-0.1, -0.05) is 68.0 Å². The van der Waals surface area contributed by atoms with Gasteiger partial charge in [0.1, 0.15) is 12.1 Å². The van der Waals surface area contributed by atoms with Gasteiger partial charge < -0.3 is 19.3 Å². The predicted molar refractivity (Wildman–Crippen MR) is 222 cm³/mol. The number of unbranched alkanes of at least 4 members (excludes halogenated alkanes) is 2. The number of carbonyl (C=O) groups excluding carboxylic acids is 4. The number of hydrogen-bond donors (Lipinski definition) is 0. The third-order valence-electron chi connectivity index (χ3n) is 10.4. The van der Waals surface area contributed by atoms with Crippen molar-refractivity contribution in [1.29, 1.82) is 0 Å². The van der Waals surface area contributed by atoms with E-state index >= 15 is 0 Å². The standard InChI is InChI=1S/C44H66IN6O8/c1-34(2)32-51-44-36-15-9-8-14-35(36)33-50(38-17-11-10-16-37(38)43(44)46-47-51)42(55)19-7-6-12-22-48(4)41(54)21-24-56-26-28-58-30-31-59-29-27-57-25-23-49(5)40(53)20-13-18-39(52)45-3/h8-11,14-17,34,43-44H,6-7,12-13,18-33H2,1-5H3/q-1. The van der Waals surface area contributed by atoms with Gasteiger partial charge in [0.15, 0.2) is 0 Å². The number of anilines is 1. The molecule has 0 fully saturated rings. The number of rotatable bonds is 28. The van der Waals surface area contributed by atoms with Crippen LogP contribution in [0.4, 0.5) is 5.69 Å². The minimum absolute atomic E-state index is 0.00528. The molecule has 2 aromatic carbocycles. The molecule has 4 rings (SSSR count). The number of halogens is 1. The molecule has 0 radical (unpaired) electrons. The van der Waals surface area contributed by atoms with Gasteiger partial charge in [0, 0.05) is 37.8 Å². The topological polar surface area (TPSA) is 143 Å². The Labute approximate surface area is 361 Å². The number of fused-ring (bicyclic) bond motifs is 5. The van der Waals surface area contributed by atoms with E-state index in [-0.39, 0.29) is 51.0 Å². The quantitative estimate of drug-likeness (QED) is 0.0545. The van der Waals surface area contributed by atoms with Crippen LogP contribution in [-0.4, -0.2) is 128 Å². The SMILES string of the molecule is C[I-]C(=O)CCCC(=O)N(C)CCOCCOCCOCCOCCC(=O)N(C)CCCCCC(=O)N1Cc2ccccc2C2C(N=NN2CC(C)C)c2ccccc21. The summed E-state index contributed by atoms with van der Waals surface area (Å²) < 4.78 is 22.5. The molecule has 0 saturated carbocycles. The Morgan fingerprint density at radius 2 is 1.32 bits per heavy atom. The van der Waals surface area contributed by atoms with Gasteiger partial charge in [-0.05, 0) is 36.0 Å². The smallest absolute Gasteiger partial charge is 0.379 e. The molecule has 0 N–H and O–H groups in total. The molecule has 15 heteroatoms. The molecule has 2 heterocycles. The number of alkyl halides is 1. The predicted octanol–water partition coefficient (Wildman–Crippen LogP) is 3.00. The molecule has 3 amide bonds. The zero-order chi connectivity index (χ0) is 42.4. The Bertz CT molecular complexity index is 1650. The third kappa shape index (κ3) is 16.1. The van der Waals surface area contributed by atoms with Gasteiger partial charge in [0.2, 0.25) is 11.8 Å². The first-order valence-corrected chi connectivity index (χ1v) is 24.3. The molecule has 14 nitrogen and oxygen atoms in total. The zero-order valence-corrected chi connectivity index (χ0v) is 38.0. The van der Waals surface area contributed by atoms with Gasteiger partial charge in [0.25, 0.3) is 0 Å². The minimum atomic E-state index is -0.379. The number of ether oxygens (including phenoxy) is 4. The normalized spacial score (nSPS) is 15.8. The van der Waals surface area contributed by atoms with Crippen molar-refractivity contribution >= 4 is 27.2 Å². The fourth-order valence-corrected chi connectivity index (χ4v) is 8.00. The average Bonchev–Trinajstić information content (AvgIpc) is 3.63. The molecular weight excluding hydrogens is 867 g/mol. The molecule has 2 aliphatic rings. The average molecular weight is 934 g/mol. The van der Waals surface area contributed by atoms with Gasteiger partial charge in [-0.15, -0.1) is 0 Å². The Morgan fingerprint density at radius 1 is 0.712 bits per heavy atom. The van der Waals surface area contributed by atoms with Crippen LogP contribution in [0.1, 0.15) is 94.0 Å². The number of amides is 3. The zero-order valence-electron chi connectivity index (χ0n) is 35.8.